The Hall–Kier alpha value is -0.920. The lowest BCUT2D eigenvalue weighted by Crippen LogP contribution is -2.27. The summed E-state index contributed by atoms with van der Waals surface area (Å²) in [6.45, 7) is 10.6. The quantitative estimate of drug-likeness (QED) is 0.703. The first-order valence-electron chi connectivity index (χ1n) is 7.61. The molecule has 1 saturated carbocycles. The molecule has 120 valence electrons. The molecule has 2 rings (SSSR count). The number of sulfonamides is 1. The van der Waals surface area contributed by atoms with Crippen LogP contribution >= 0.6 is 0 Å². The van der Waals surface area contributed by atoms with Gasteiger partial charge in [0.25, 0.3) is 0 Å². The van der Waals surface area contributed by atoms with Crippen LogP contribution in [0.2, 0.25) is 0 Å². The van der Waals surface area contributed by atoms with Crippen LogP contribution in [0.15, 0.2) is 4.90 Å². The van der Waals surface area contributed by atoms with Gasteiger partial charge in [-0.25, -0.2) is 13.1 Å². The monoisotopic (exact) mass is 314 g/mol. The molecule has 0 bridgehead atoms. The van der Waals surface area contributed by atoms with E-state index in [1.165, 1.54) is 0 Å². The van der Waals surface area contributed by atoms with Gasteiger partial charge in [-0.3, -0.25) is 4.68 Å². The predicted octanol–water partition coefficient (Wildman–Crippen LogP) is 1.04. The van der Waals surface area contributed by atoms with Crippen molar-refractivity contribution in [3.8, 4) is 0 Å². The molecule has 1 heterocycles. The summed E-state index contributed by atoms with van der Waals surface area (Å²) < 4.78 is 29.5. The number of nitrogens with one attached hydrogen (secondary N) is 2. The van der Waals surface area contributed by atoms with Gasteiger partial charge < -0.3 is 5.32 Å². The van der Waals surface area contributed by atoms with E-state index in [0.717, 1.165) is 19.5 Å². The fraction of sp³-hybridized carbons (Fsp3) is 0.786. The zero-order valence-corrected chi connectivity index (χ0v) is 14.1. The first-order chi connectivity index (χ1) is 9.86. The molecule has 0 amide bonds. The summed E-state index contributed by atoms with van der Waals surface area (Å²) in [6.07, 6.45) is 1.11. The van der Waals surface area contributed by atoms with Crippen molar-refractivity contribution in [3.05, 3.63) is 11.4 Å². The Labute approximate surface area is 127 Å². The number of aryl methyl sites for hydroxylation is 1. The highest BCUT2D eigenvalue weighted by Gasteiger charge is 2.34. The highest BCUT2D eigenvalue weighted by Crippen LogP contribution is 2.37. The average Bonchev–Trinajstić information content (AvgIpc) is 3.03. The molecule has 7 heteroatoms. The molecule has 1 aromatic heterocycles. The van der Waals surface area contributed by atoms with Crippen LogP contribution in [0.1, 0.15) is 31.7 Å². The van der Waals surface area contributed by atoms with E-state index in [4.69, 9.17) is 0 Å². The number of hydrogen-bond acceptors (Lipinski definition) is 4. The average molecular weight is 314 g/mol. The Balaban J connectivity index is 2.10. The first-order valence-corrected chi connectivity index (χ1v) is 9.09. The lowest BCUT2D eigenvalue weighted by molar-refractivity contribution is 0.548. The number of rotatable bonds is 8. The van der Waals surface area contributed by atoms with Crippen LogP contribution < -0.4 is 10.0 Å². The molecular formula is C14H26N4O2S. The summed E-state index contributed by atoms with van der Waals surface area (Å²) in [4.78, 5) is 0.340. The Morgan fingerprint density at radius 1 is 1.38 bits per heavy atom. The molecule has 0 aliphatic heterocycles. The predicted molar refractivity (Wildman–Crippen MR) is 82.7 cm³/mol. The number of nitrogens with zero attached hydrogens (tertiary/aromatic N) is 2. The molecule has 2 N–H and O–H groups in total. The molecule has 21 heavy (non-hydrogen) atoms. The van der Waals surface area contributed by atoms with Gasteiger partial charge in [0.15, 0.2) is 0 Å². The van der Waals surface area contributed by atoms with Crippen LogP contribution in [0.3, 0.4) is 0 Å². The van der Waals surface area contributed by atoms with Crippen molar-refractivity contribution in [2.75, 3.05) is 19.6 Å². The van der Waals surface area contributed by atoms with Gasteiger partial charge in [-0.2, -0.15) is 5.10 Å². The van der Waals surface area contributed by atoms with Crippen molar-refractivity contribution < 1.29 is 8.42 Å². The maximum absolute atomic E-state index is 12.5. The zero-order valence-electron chi connectivity index (χ0n) is 13.3. The lowest BCUT2D eigenvalue weighted by atomic mass is 10.3. The van der Waals surface area contributed by atoms with E-state index in [9.17, 15) is 8.42 Å². The Morgan fingerprint density at radius 3 is 2.62 bits per heavy atom. The van der Waals surface area contributed by atoms with Crippen molar-refractivity contribution in [2.24, 2.45) is 11.8 Å². The third-order valence-corrected chi connectivity index (χ3v) is 5.82. The van der Waals surface area contributed by atoms with Crippen molar-refractivity contribution >= 4 is 10.0 Å². The van der Waals surface area contributed by atoms with Gasteiger partial charge in [-0.05, 0) is 38.6 Å². The van der Waals surface area contributed by atoms with Gasteiger partial charge in [-0.15, -0.1) is 0 Å². The third kappa shape index (κ3) is 3.84. The van der Waals surface area contributed by atoms with Crippen LogP contribution in [0, 0.1) is 25.7 Å². The summed E-state index contributed by atoms with van der Waals surface area (Å²) >= 11 is 0. The summed E-state index contributed by atoms with van der Waals surface area (Å²) in [7, 11) is -3.46. The molecule has 0 saturated heterocycles. The van der Waals surface area contributed by atoms with Gasteiger partial charge in [0.1, 0.15) is 4.90 Å². The fourth-order valence-corrected chi connectivity index (χ4v) is 4.12. The van der Waals surface area contributed by atoms with Crippen molar-refractivity contribution in [1.82, 2.24) is 19.8 Å². The second-order valence-corrected chi connectivity index (χ2v) is 7.61. The fourth-order valence-electron chi connectivity index (χ4n) is 2.62. The zero-order chi connectivity index (χ0) is 15.6. The molecule has 2 atom stereocenters. The summed E-state index contributed by atoms with van der Waals surface area (Å²) in [5.41, 5.74) is 1.28. The highest BCUT2D eigenvalue weighted by molar-refractivity contribution is 7.89. The first kappa shape index (κ1) is 16.5. The van der Waals surface area contributed by atoms with Crippen LogP contribution in [-0.4, -0.2) is 37.8 Å². The topological polar surface area (TPSA) is 76.0 Å². The molecule has 2 unspecified atom stereocenters. The van der Waals surface area contributed by atoms with Gasteiger partial charge >= 0.3 is 0 Å². The van der Waals surface area contributed by atoms with Gasteiger partial charge in [-0.1, -0.05) is 13.8 Å². The van der Waals surface area contributed by atoms with E-state index >= 15 is 0 Å². The Morgan fingerprint density at radius 2 is 2.05 bits per heavy atom. The van der Waals surface area contributed by atoms with E-state index in [1.807, 2.05) is 13.8 Å². The van der Waals surface area contributed by atoms with E-state index in [1.54, 1.807) is 11.6 Å². The molecule has 0 spiro atoms. The molecule has 1 fully saturated rings. The third-order valence-electron chi connectivity index (χ3n) is 4.15. The summed E-state index contributed by atoms with van der Waals surface area (Å²) in [6, 6.07) is 0. The molecule has 0 aromatic carbocycles. The van der Waals surface area contributed by atoms with Crippen LogP contribution in [0.5, 0.6) is 0 Å². The van der Waals surface area contributed by atoms with Crippen molar-refractivity contribution in [1.29, 1.82) is 0 Å². The number of hydrogen-bond donors (Lipinski definition) is 2. The van der Waals surface area contributed by atoms with Crippen molar-refractivity contribution in [3.63, 3.8) is 0 Å². The highest BCUT2D eigenvalue weighted by atomic mass is 32.2. The summed E-state index contributed by atoms with van der Waals surface area (Å²) in [5, 5.41) is 7.58. The minimum absolute atomic E-state index is 0.340. The van der Waals surface area contributed by atoms with Gasteiger partial charge in [0.05, 0.1) is 17.9 Å². The molecule has 1 aromatic rings. The second kappa shape index (κ2) is 6.46. The largest absolute Gasteiger partial charge is 0.315 e. The molecule has 1 aliphatic rings. The SMILES string of the molecule is CCNCCn1nc(C)c(S(=O)(=O)NCC2CC2C)c1C. The maximum Gasteiger partial charge on any atom is 0.244 e. The number of aromatic nitrogens is 2. The van der Waals surface area contributed by atoms with Crippen LogP contribution in [0.4, 0.5) is 0 Å². The van der Waals surface area contributed by atoms with E-state index < -0.39 is 10.0 Å². The summed E-state index contributed by atoms with van der Waals surface area (Å²) in [5.74, 6) is 1.13. The van der Waals surface area contributed by atoms with Crippen LogP contribution in [-0.2, 0) is 16.6 Å². The van der Waals surface area contributed by atoms with Gasteiger partial charge in [0.2, 0.25) is 10.0 Å². The number of likely N-dealkylation sites (N-methyl/N-ethyl adjacent to an activating group) is 1. The smallest absolute Gasteiger partial charge is 0.244 e. The minimum atomic E-state index is -3.46. The van der Waals surface area contributed by atoms with E-state index in [-0.39, 0.29) is 0 Å². The Bertz CT molecular complexity index is 594. The van der Waals surface area contributed by atoms with E-state index in [2.05, 4.69) is 22.1 Å². The normalized spacial score (nSPS) is 21.7. The molecule has 1 aliphatic carbocycles. The van der Waals surface area contributed by atoms with E-state index in [0.29, 0.717) is 41.2 Å². The minimum Gasteiger partial charge on any atom is -0.315 e. The molecule has 6 nitrogen and oxygen atoms in total. The standard InChI is InChI=1S/C14H26N4O2S/c1-5-15-6-7-18-12(4)14(11(3)17-18)21(19,20)16-9-13-8-10(13)2/h10,13,15-16H,5-9H2,1-4H3. The van der Waals surface area contributed by atoms with Gasteiger partial charge in [0, 0.05) is 13.1 Å². The molecular weight excluding hydrogens is 288 g/mol. The second-order valence-electron chi connectivity index (χ2n) is 5.90. The van der Waals surface area contributed by atoms with Crippen molar-refractivity contribution in [2.45, 2.75) is 45.6 Å². The van der Waals surface area contributed by atoms with Crippen LogP contribution in [0.25, 0.3) is 0 Å². The Kier molecular flexibility index (Phi) is 5.06. The maximum atomic E-state index is 12.5. The molecule has 0 radical (unpaired) electrons. The lowest BCUT2D eigenvalue weighted by Gasteiger charge is -2.08.